The van der Waals surface area contributed by atoms with E-state index in [0.717, 1.165) is 0 Å². The first-order valence-corrected chi connectivity index (χ1v) is 8.29. The molecule has 2 heterocycles. The lowest BCUT2D eigenvalue weighted by atomic mass is 9.97. The first kappa shape index (κ1) is 14.5. The summed E-state index contributed by atoms with van der Waals surface area (Å²) in [5.74, 6) is -1.62. The topological polar surface area (TPSA) is 78.9 Å². The average Bonchev–Trinajstić information content (AvgIpc) is 2.92. The summed E-state index contributed by atoms with van der Waals surface area (Å²) in [7, 11) is -2.19. The van der Waals surface area contributed by atoms with E-state index < -0.39 is 21.6 Å². The Bertz CT molecular complexity index is 700. The van der Waals surface area contributed by atoms with Crippen LogP contribution < -0.4 is 0 Å². The largest absolute Gasteiger partial charge is 0.465 e. The molecule has 0 bridgehead atoms. The van der Waals surface area contributed by atoms with E-state index in [0.29, 0.717) is 24.3 Å². The van der Waals surface area contributed by atoms with Crippen LogP contribution in [0.25, 0.3) is 0 Å². The van der Waals surface area contributed by atoms with Crippen molar-refractivity contribution in [3.63, 3.8) is 0 Å². The van der Waals surface area contributed by atoms with E-state index in [9.17, 15) is 13.2 Å². The van der Waals surface area contributed by atoms with E-state index in [1.807, 2.05) is 0 Å². The van der Waals surface area contributed by atoms with E-state index in [1.165, 1.54) is 13.2 Å². The predicted molar refractivity (Wildman–Crippen MR) is 72.8 cm³/mol. The Hall–Kier alpha value is -1.44. The molecule has 1 aromatic rings. The minimum Gasteiger partial charge on any atom is -0.465 e. The molecule has 0 atom stereocenters. The van der Waals surface area contributed by atoms with Crippen LogP contribution in [0.15, 0.2) is 17.0 Å². The van der Waals surface area contributed by atoms with Gasteiger partial charge in [-0.3, -0.25) is 0 Å². The van der Waals surface area contributed by atoms with E-state index >= 15 is 0 Å². The number of rotatable bonds is 1. The lowest BCUT2D eigenvalue weighted by Crippen LogP contribution is -2.36. The summed E-state index contributed by atoms with van der Waals surface area (Å²) >= 11 is 0. The monoisotopic (exact) mass is 312 g/mol. The van der Waals surface area contributed by atoms with Crippen LogP contribution in [0.3, 0.4) is 0 Å². The first-order chi connectivity index (χ1) is 9.89. The highest BCUT2D eigenvalue weighted by atomic mass is 32.2. The number of fused-ring (bicyclic) bond motifs is 2. The van der Waals surface area contributed by atoms with Gasteiger partial charge in [0.1, 0.15) is 0 Å². The van der Waals surface area contributed by atoms with E-state index in [1.54, 1.807) is 13.0 Å². The third-order valence-electron chi connectivity index (χ3n) is 3.93. The second-order valence-electron chi connectivity index (χ2n) is 5.17. The van der Waals surface area contributed by atoms with Crippen molar-refractivity contribution in [1.29, 1.82) is 0 Å². The smallest absolute Gasteiger partial charge is 0.338 e. The predicted octanol–water partition coefficient (Wildman–Crippen LogP) is 1.16. The van der Waals surface area contributed by atoms with Crippen molar-refractivity contribution >= 4 is 15.8 Å². The van der Waals surface area contributed by atoms with Crippen LogP contribution in [0.4, 0.5) is 0 Å². The van der Waals surface area contributed by atoms with Gasteiger partial charge in [-0.2, -0.15) is 0 Å². The van der Waals surface area contributed by atoms with Gasteiger partial charge in [0.2, 0.25) is 0 Å². The lowest BCUT2D eigenvalue weighted by molar-refractivity contribution is -0.170. The maximum atomic E-state index is 12.3. The van der Waals surface area contributed by atoms with Gasteiger partial charge in [0.15, 0.2) is 15.6 Å². The number of benzene rings is 1. The van der Waals surface area contributed by atoms with Crippen LogP contribution >= 0.6 is 0 Å². The molecule has 0 aliphatic carbocycles. The molecule has 0 amide bonds. The van der Waals surface area contributed by atoms with E-state index in [2.05, 4.69) is 0 Å². The van der Waals surface area contributed by atoms with Crippen molar-refractivity contribution in [3.8, 4) is 0 Å². The minimum absolute atomic E-state index is 0.0658. The van der Waals surface area contributed by atoms with Crippen LogP contribution in [0.1, 0.15) is 27.9 Å². The number of methoxy groups -OCH3 is 1. The Morgan fingerprint density at radius 3 is 2.57 bits per heavy atom. The third-order valence-corrected chi connectivity index (χ3v) is 5.68. The van der Waals surface area contributed by atoms with Crippen LogP contribution in [0.5, 0.6) is 0 Å². The molecule has 2 aliphatic heterocycles. The van der Waals surface area contributed by atoms with Gasteiger partial charge in [-0.15, -0.1) is 0 Å². The zero-order valence-electron chi connectivity index (χ0n) is 11.8. The molecule has 1 saturated heterocycles. The molecule has 1 spiro atoms. The number of hydrogen-bond donors (Lipinski definition) is 0. The van der Waals surface area contributed by atoms with Crippen molar-refractivity contribution in [2.75, 3.05) is 26.1 Å². The number of esters is 1. The first-order valence-electron chi connectivity index (χ1n) is 6.64. The van der Waals surface area contributed by atoms with Crippen LogP contribution in [0, 0.1) is 6.92 Å². The van der Waals surface area contributed by atoms with Crippen molar-refractivity contribution in [2.24, 2.45) is 0 Å². The molecule has 114 valence electrons. The molecule has 1 fully saturated rings. The summed E-state index contributed by atoms with van der Waals surface area (Å²) in [4.78, 5) is 11.9. The van der Waals surface area contributed by atoms with Crippen LogP contribution in [-0.4, -0.2) is 40.5 Å². The number of carbonyl (C=O) groups excluding carboxylic acids is 1. The number of ether oxygens (including phenoxy) is 3. The summed E-state index contributed by atoms with van der Waals surface area (Å²) in [6.07, 6.45) is 0.263. The highest BCUT2D eigenvalue weighted by Gasteiger charge is 2.47. The number of sulfone groups is 1. The molecule has 7 heteroatoms. The van der Waals surface area contributed by atoms with Crippen molar-refractivity contribution in [1.82, 2.24) is 0 Å². The minimum atomic E-state index is -3.45. The van der Waals surface area contributed by atoms with E-state index in [-0.39, 0.29) is 22.6 Å². The summed E-state index contributed by atoms with van der Waals surface area (Å²) < 4.78 is 40.7. The van der Waals surface area contributed by atoms with Crippen LogP contribution in [-0.2, 0) is 29.8 Å². The Balaban J connectivity index is 2.25. The average molecular weight is 312 g/mol. The molecular formula is C14H16O6S. The Kier molecular flexibility index (Phi) is 3.31. The normalized spacial score (nSPS) is 22.0. The lowest BCUT2D eigenvalue weighted by Gasteiger charge is -2.34. The van der Waals surface area contributed by atoms with Gasteiger partial charge in [-0.25, -0.2) is 13.2 Å². The van der Waals surface area contributed by atoms with Crippen LogP contribution in [0.2, 0.25) is 0 Å². The van der Waals surface area contributed by atoms with Crippen molar-refractivity contribution in [2.45, 2.75) is 24.0 Å². The fourth-order valence-electron chi connectivity index (χ4n) is 2.84. The second kappa shape index (κ2) is 4.79. The van der Waals surface area contributed by atoms with E-state index in [4.69, 9.17) is 14.2 Å². The van der Waals surface area contributed by atoms with Crippen molar-refractivity contribution < 1.29 is 27.4 Å². The molecule has 0 aromatic heterocycles. The molecule has 0 unspecified atom stereocenters. The zero-order valence-corrected chi connectivity index (χ0v) is 12.7. The highest BCUT2D eigenvalue weighted by molar-refractivity contribution is 7.91. The Labute approximate surface area is 122 Å². The maximum Gasteiger partial charge on any atom is 0.338 e. The molecular weight excluding hydrogens is 296 g/mol. The summed E-state index contributed by atoms with van der Waals surface area (Å²) in [5, 5.41) is 0. The third kappa shape index (κ3) is 2.16. The number of aryl methyl sites for hydroxylation is 1. The molecule has 2 aliphatic rings. The molecule has 3 rings (SSSR count). The van der Waals surface area contributed by atoms with Gasteiger partial charge in [-0.05, 0) is 24.6 Å². The molecule has 1 aromatic carbocycles. The summed E-state index contributed by atoms with van der Waals surface area (Å²) in [6.45, 7) is 2.59. The standard InChI is InChI=1S/C14H16O6S/c1-9-7-11-12(8-10(9)13(15)18-2)21(16,17)6-3-14(11)19-4-5-20-14/h7-8H,3-6H2,1-2H3. The maximum absolute atomic E-state index is 12.3. The fourth-order valence-corrected chi connectivity index (χ4v) is 4.45. The van der Waals surface area contributed by atoms with Gasteiger partial charge in [0.05, 0.1) is 36.5 Å². The number of carbonyl (C=O) groups is 1. The zero-order chi connectivity index (χ0) is 15.3. The van der Waals surface area contributed by atoms with Gasteiger partial charge in [-0.1, -0.05) is 0 Å². The van der Waals surface area contributed by atoms with Gasteiger partial charge in [0, 0.05) is 12.0 Å². The molecule has 0 radical (unpaired) electrons. The Morgan fingerprint density at radius 1 is 1.29 bits per heavy atom. The molecule has 0 saturated carbocycles. The SMILES string of the molecule is COC(=O)c1cc2c(cc1C)C1(CCS2(=O)=O)OCCO1. The molecule has 21 heavy (non-hydrogen) atoms. The van der Waals surface area contributed by atoms with Gasteiger partial charge in [0.25, 0.3) is 0 Å². The molecule has 6 nitrogen and oxygen atoms in total. The molecule has 0 N–H and O–H groups in total. The Morgan fingerprint density at radius 2 is 1.95 bits per heavy atom. The van der Waals surface area contributed by atoms with Gasteiger partial charge < -0.3 is 14.2 Å². The summed E-state index contributed by atoms with van der Waals surface area (Å²) in [6, 6.07) is 3.03. The van der Waals surface area contributed by atoms with Crippen molar-refractivity contribution in [3.05, 3.63) is 28.8 Å². The quantitative estimate of drug-likeness (QED) is 0.724. The fraction of sp³-hybridized carbons (Fsp3) is 0.500. The summed E-state index contributed by atoms with van der Waals surface area (Å²) in [5.41, 5.74) is 1.36. The van der Waals surface area contributed by atoms with Gasteiger partial charge >= 0.3 is 5.97 Å². The number of hydrogen-bond acceptors (Lipinski definition) is 6. The highest BCUT2D eigenvalue weighted by Crippen LogP contribution is 2.44. The second-order valence-corrected chi connectivity index (χ2v) is 7.25.